The van der Waals surface area contributed by atoms with E-state index in [9.17, 15) is 9.59 Å². The largest absolute Gasteiger partial charge is 0.274 e. The molecule has 0 aromatic heterocycles. The Morgan fingerprint density at radius 2 is 2.23 bits per heavy atom. The third-order valence-corrected chi connectivity index (χ3v) is 1.90. The number of carbonyl (C=O) groups excluding carboxylic acids is 2. The van der Waals surface area contributed by atoms with Crippen molar-refractivity contribution in [2.75, 3.05) is 0 Å². The minimum atomic E-state index is -0.365. The molecular formula is C9H8N2O2. The average Bonchev–Trinajstić information content (AvgIpc) is 2.02. The molecule has 2 aliphatic rings. The van der Waals surface area contributed by atoms with Crippen LogP contribution in [0.1, 0.15) is 13.3 Å². The van der Waals surface area contributed by atoms with Crippen LogP contribution in [0.5, 0.6) is 0 Å². The van der Waals surface area contributed by atoms with Crippen molar-refractivity contribution in [1.29, 1.82) is 0 Å². The van der Waals surface area contributed by atoms with E-state index in [1.165, 1.54) is 4.90 Å². The molecule has 4 nitrogen and oxygen atoms in total. The Balaban J connectivity index is 2.44. The van der Waals surface area contributed by atoms with Crippen molar-refractivity contribution >= 4 is 17.6 Å². The Morgan fingerprint density at radius 1 is 1.46 bits per heavy atom. The standard InChI is InChI=1S/C9H8N2O2/c1-6-2-3-11-7(4-6)10-8(12)5-9(11)13/h2-4H,5H2,1H3. The number of fused-ring (bicyclic) bond motifs is 1. The number of carbonyl (C=O) groups is 2. The maximum atomic E-state index is 11.3. The molecule has 2 rings (SSSR count). The summed E-state index contributed by atoms with van der Waals surface area (Å²) in [4.78, 5) is 27.4. The molecule has 0 aromatic carbocycles. The fourth-order valence-electron chi connectivity index (χ4n) is 1.27. The van der Waals surface area contributed by atoms with Crippen LogP contribution in [0.4, 0.5) is 0 Å². The van der Waals surface area contributed by atoms with Gasteiger partial charge in [0.05, 0.1) is 0 Å². The molecule has 0 saturated heterocycles. The molecule has 13 heavy (non-hydrogen) atoms. The van der Waals surface area contributed by atoms with Crippen LogP contribution < -0.4 is 0 Å². The van der Waals surface area contributed by atoms with Gasteiger partial charge in [0.1, 0.15) is 12.3 Å². The first-order valence-corrected chi connectivity index (χ1v) is 3.97. The van der Waals surface area contributed by atoms with Crippen LogP contribution in [0.3, 0.4) is 0 Å². The third-order valence-electron chi connectivity index (χ3n) is 1.90. The molecule has 0 aliphatic carbocycles. The minimum Gasteiger partial charge on any atom is -0.274 e. The lowest BCUT2D eigenvalue weighted by Gasteiger charge is -2.23. The average molecular weight is 176 g/mol. The molecule has 0 radical (unpaired) electrons. The first-order chi connectivity index (χ1) is 6.16. The number of hydrogen-bond donors (Lipinski definition) is 0. The summed E-state index contributed by atoms with van der Waals surface area (Å²) in [6.07, 6.45) is 5.05. The zero-order chi connectivity index (χ0) is 9.42. The van der Waals surface area contributed by atoms with E-state index in [1.807, 2.05) is 13.0 Å². The normalized spacial score (nSPS) is 21.2. The van der Waals surface area contributed by atoms with E-state index in [4.69, 9.17) is 0 Å². The van der Waals surface area contributed by atoms with E-state index < -0.39 is 0 Å². The lowest BCUT2D eigenvalue weighted by Crippen LogP contribution is -2.38. The van der Waals surface area contributed by atoms with Gasteiger partial charge in [-0.1, -0.05) is 0 Å². The van der Waals surface area contributed by atoms with E-state index in [0.29, 0.717) is 5.84 Å². The summed E-state index contributed by atoms with van der Waals surface area (Å²) < 4.78 is 0. The first kappa shape index (κ1) is 7.91. The van der Waals surface area contributed by atoms with Crippen LogP contribution in [0, 0.1) is 0 Å². The highest BCUT2D eigenvalue weighted by Gasteiger charge is 2.25. The molecule has 0 unspecified atom stereocenters. The topological polar surface area (TPSA) is 49.7 Å². The summed E-state index contributed by atoms with van der Waals surface area (Å²) in [5.41, 5.74) is 0.984. The van der Waals surface area contributed by atoms with E-state index in [1.54, 1.807) is 12.3 Å². The van der Waals surface area contributed by atoms with Crippen LogP contribution in [-0.2, 0) is 9.59 Å². The Labute approximate surface area is 75.2 Å². The van der Waals surface area contributed by atoms with Gasteiger partial charge < -0.3 is 0 Å². The molecule has 0 atom stereocenters. The number of nitrogens with zero attached hydrogens (tertiary/aromatic N) is 2. The maximum Gasteiger partial charge on any atom is 0.257 e. The molecule has 66 valence electrons. The SMILES string of the molecule is CC1=CC2=NC(=O)CC(=O)N2C=C1. The van der Waals surface area contributed by atoms with Crippen molar-refractivity contribution in [2.45, 2.75) is 13.3 Å². The van der Waals surface area contributed by atoms with Crippen LogP contribution >= 0.6 is 0 Å². The summed E-state index contributed by atoms with van der Waals surface area (Å²) in [7, 11) is 0. The zero-order valence-corrected chi connectivity index (χ0v) is 7.15. The molecule has 0 saturated carbocycles. The third kappa shape index (κ3) is 1.30. The van der Waals surface area contributed by atoms with Gasteiger partial charge in [0.25, 0.3) is 5.91 Å². The highest BCUT2D eigenvalue weighted by Crippen LogP contribution is 2.14. The summed E-state index contributed by atoms with van der Waals surface area (Å²) in [5, 5.41) is 0. The van der Waals surface area contributed by atoms with Crippen LogP contribution in [0.2, 0.25) is 0 Å². The van der Waals surface area contributed by atoms with Gasteiger partial charge in [-0.3, -0.25) is 14.5 Å². The maximum absolute atomic E-state index is 11.3. The molecule has 2 aliphatic heterocycles. The van der Waals surface area contributed by atoms with Crippen molar-refractivity contribution in [1.82, 2.24) is 4.90 Å². The van der Waals surface area contributed by atoms with Gasteiger partial charge in [0, 0.05) is 6.20 Å². The Hall–Kier alpha value is -1.71. The highest BCUT2D eigenvalue weighted by molar-refractivity contribution is 6.18. The molecule has 0 spiro atoms. The Kier molecular flexibility index (Phi) is 1.62. The first-order valence-electron chi connectivity index (χ1n) is 3.97. The van der Waals surface area contributed by atoms with Crippen molar-refractivity contribution in [3.8, 4) is 0 Å². The fourth-order valence-corrected chi connectivity index (χ4v) is 1.27. The molecular weight excluding hydrogens is 168 g/mol. The minimum absolute atomic E-state index is 0.124. The van der Waals surface area contributed by atoms with Crippen LogP contribution in [0.25, 0.3) is 0 Å². The van der Waals surface area contributed by atoms with Crippen molar-refractivity contribution < 1.29 is 9.59 Å². The number of amidine groups is 1. The van der Waals surface area contributed by atoms with Crippen molar-refractivity contribution in [3.63, 3.8) is 0 Å². The number of allylic oxidation sites excluding steroid dienone is 2. The highest BCUT2D eigenvalue weighted by atomic mass is 16.2. The summed E-state index contributed by atoms with van der Waals surface area (Å²) in [6, 6.07) is 0. The van der Waals surface area contributed by atoms with E-state index in [-0.39, 0.29) is 18.2 Å². The smallest absolute Gasteiger partial charge is 0.257 e. The fraction of sp³-hybridized carbons (Fsp3) is 0.222. The van der Waals surface area contributed by atoms with E-state index in [0.717, 1.165) is 5.57 Å². The van der Waals surface area contributed by atoms with E-state index in [2.05, 4.69) is 4.99 Å². The summed E-state index contributed by atoms with van der Waals surface area (Å²) >= 11 is 0. The van der Waals surface area contributed by atoms with Gasteiger partial charge in [-0.15, -0.1) is 0 Å². The lowest BCUT2D eigenvalue weighted by molar-refractivity contribution is -0.131. The predicted molar refractivity (Wildman–Crippen MR) is 46.8 cm³/mol. The van der Waals surface area contributed by atoms with Gasteiger partial charge in [0.2, 0.25) is 5.91 Å². The Morgan fingerprint density at radius 3 is 3.00 bits per heavy atom. The zero-order valence-electron chi connectivity index (χ0n) is 7.15. The summed E-state index contributed by atoms with van der Waals surface area (Å²) in [5.74, 6) is -0.146. The van der Waals surface area contributed by atoms with Gasteiger partial charge >= 0.3 is 0 Å². The van der Waals surface area contributed by atoms with Crippen LogP contribution in [-0.4, -0.2) is 22.5 Å². The van der Waals surface area contributed by atoms with Crippen molar-refractivity contribution in [2.24, 2.45) is 4.99 Å². The molecule has 4 heteroatoms. The molecule has 2 amide bonds. The van der Waals surface area contributed by atoms with E-state index >= 15 is 0 Å². The van der Waals surface area contributed by atoms with Gasteiger partial charge in [-0.2, -0.15) is 4.99 Å². The second kappa shape index (κ2) is 2.65. The van der Waals surface area contributed by atoms with Crippen LogP contribution in [0.15, 0.2) is 28.9 Å². The number of rotatable bonds is 0. The molecule has 0 bridgehead atoms. The number of hydrogen-bond acceptors (Lipinski definition) is 2. The predicted octanol–water partition coefficient (Wildman–Crippen LogP) is 0.617. The second-order valence-electron chi connectivity index (χ2n) is 3.01. The van der Waals surface area contributed by atoms with Gasteiger partial charge in [-0.25, -0.2) is 0 Å². The lowest BCUT2D eigenvalue weighted by atomic mass is 10.1. The molecule has 0 N–H and O–H groups in total. The molecule has 2 heterocycles. The summed E-state index contributed by atoms with van der Waals surface area (Å²) in [6.45, 7) is 1.89. The Bertz CT molecular complexity index is 377. The van der Waals surface area contributed by atoms with Gasteiger partial charge in [-0.05, 0) is 24.6 Å². The number of aliphatic imine (C=N–C) groups is 1. The number of amides is 2. The quantitative estimate of drug-likeness (QED) is 0.508. The molecule has 0 fully saturated rings. The second-order valence-corrected chi connectivity index (χ2v) is 3.01. The molecule has 0 aromatic rings. The van der Waals surface area contributed by atoms with Gasteiger partial charge in [0.15, 0.2) is 0 Å². The van der Waals surface area contributed by atoms with Crippen molar-refractivity contribution in [3.05, 3.63) is 23.9 Å². The monoisotopic (exact) mass is 176 g/mol.